The van der Waals surface area contributed by atoms with Crippen LogP contribution in [0.4, 0.5) is 5.69 Å². The second-order valence-corrected chi connectivity index (χ2v) is 9.23. The van der Waals surface area contributed by atoms with Crippen molar-refractivity contribution in [2.75, 3.05) is 5.33 Å². The SMILES string of the molecule is CC1(CBr)S[C@@H]2C(Br)C(=O)N2[C@H]1C(=O)OCc1ccc([N+](=O)[O-])cc1. The van der Waals surface area contributed by atoms with E-state index in [1.165, 1.54) is 12.1 Å². The summed E-state index contributed by atoms with van der Waals surface area (Å²) in [5.41, 5.74) is 0.626. The van der Waals surface area contributed by atoms with Crippen LogP contribution in [0.15, 0.2) is 24.3 Å². The van der Waals surface area contributed by atoms with Crippen LogP contribution in [0.5, 0.6) is 0 Å². The Hall–Kier alpha value is -1.13. The van der Waals surface area contributed by atoms with Crippen molar-refractivity contribution in [2.45, 2.75) is 34.5 Å². The molecular weight excluding hydrogens is 480 g/mol. The number of fused-ring (bicyclic) bond motifs is 1. The third kappa shape index (κ3) is 3.19. The van der Waals surface area contributed by atoms with E-state index in [0.29, 0.717) is 10.9 Å². The number of alkyl halides is 2. The van der Waals surface area contributed by atoms with Gasteiger partial charge in [0.15, 0.2) is 0 Å². The van der Waals surface area contributed by atoms with Gasteiger partial charge in [0.25, 0.3) is 5.69 Å². The average Bonchev–Trinajstić information content (AvgIpc) is 2.90. The molecule has 0 bridgehead atoms. The highest BCUT2D eigenvalue weighted by molar-refractivity contribution is 9.10. The third-order valence-corrected chi connectivity index (χ3v) is 8.70. The quantitative estimate of drug-likeness (QED) is 0.206. The van der Waals surface area contributed by atoms with Gasteiger partial charge in [0, 0.05) is 17.5 Å². The number of hydrogen-bond acceptors (Lipinski definition) is 6. The molecule has 2 saturated heterocycles. The molecule has 2 aliphatic rings. The van der Waals surface area contributed by atoms with Gasteiger partial charge in [-0.3, -0.25) is 14.9 Å². The highest BCUT2D eigenvalue weighted by Gasteiger charge is 2.64. The van der Waals surface area contributed by atoms with Gasteiger partial charge < -0.3 is 9.64 Å². The van der Waals surface area contributed by atoms with Gasteiger partial charge in [-0.2, -0.15) is 0 Å². The molecule has 4 atom stereocenters. The number of hydrogen-bond donors (Lipinski definition) is 0. The highest BCUT2D eigenvalue weighted by Crippen LogP contribution is 2.53. The standard InChI is InChI=1S/C15H14Br2N2O5S/c1-15(7-16)11(18-12(20)10(17)13(18)25-15)14(21)24-6-8-2-4-9(5-3-8)19(22)23/h2-5,10-11,13H,6-7H2,1H3/t10?,11-,13+,15?/m0/s1. The number of non-ortho nitro benzene ring substituents is 1. The lowest BCUT2D eigenvalue weighted by atomic mass is 9.98. The summed E-state index contributed by atoms with van der Waals surface area (Å²) in [7, 11) is 0. The van der Waals surface area contributed by atoms with Gasteiger partial charge in [-0.25, -0.2) is 4.79 Å². The van der Waals surface area contributed by atoms with Crippen molar-refractivity contribution in [2.24, 2.45) is 0 Å². The molecule has 2 aliphatic heterocycles. The number of ether oxygens (including phenoxy) is 1. The number of nitro groups is 1. The van der Waals surface area contributed by atoms with Crippen LogP contribution in [-0.4, -0.2) is 48.0 Å². The van der Waals surface area contributed by atoms with Gasteiger partial charge in [0.1, 0.15) is 22.8 Å². The first kappa shape index (κ1) is 18.7. The van der Waals surface area contributed by atoms with Crippen LogP contribution in [0.3, 0.4) is 0 Å². The fourth-order valence-corrected chi connectivity index (χ4v) is 5.94. The van der Waals surface area contributed by atoms with Gasteiger partial charge in [0.05, 0.1) is 9.67 Å². The zero-order valence-electron chi connectivity index (χ0n) is 13.1. The molecule has 0 aromatic heterocycles. The molecule has 0 saturated carbocycles. The molecule has 2 fully saturated rings. The first-order chi connectivity index (χ1) is 11.8. The molecule has 2 heterocycles. The van der Waals surface area contributed by atoms with Crippen LogP contribution in [-0.2, 0) is 20.9 Å². The van der Waals surface area contributed by atoms with E-state index in [-0.39, 0.29) is 28.4 Å². The topological polar surface area (TPSA) is 89.8 Å². The van der Waals surface area contributed by atoms with Crippen LogP contribution in [0, 0.1) is 10.1 Å². The Morgan fingerprint density at radius 3 is 2.64 bits per heavy atom. The van der Waals surface area contributed by atoms with Crippen molar-refractivity contribution < 1.29 is 19.2 Å². The number of carbonyl (C=O) groups excluding carboxylic acids is 2. The maximum Gasteiger partial charge on any atom is 0.330 e. The minimum absolute atomic E-state index is 0.000792. The maximum absolute atomic E-state index is 12.6. The Bertz CT molecular complexity index is 731. The Labute approximate surface area is 164 Å². The van der Waals surface area contributed by atoms with E-state index in [2.05, 4.69) is 31.9 Å². The third-order valence-electron chi connectivity index (χ3n) is 4.28. The largest absolute Gasteiger partial charge is 0.459 e. The van der Waals surface area contributed by atoms with Crippen LogP contribution in [0.1, 0.15) is 12.5 Å². The molecule has 0 N–H and O–H groups in total. The monoisotopic (exact) mass is 492 g/mol. The predicted octanol–water partition coefficient (Wildman–Crippen LogP) is 2.84. The highest BCUT2D eigenvalue weighted by atomic mass is 79.9. The van der Waals surface area contributed by atoms with Crippen molar-refractivity contribution in [3.63, 3.8) is 0 Å². The lowest BCUT2D eigenvalue weighted by Crippen LogP contribution is -2.64. The minimum atomic E-state index is -0.666. The summed E-state index contributed by atoms with van der Waals surface area (Å²) in [5.74, 6) is -0.581. The fourth-order valence-electron chi connectivity index (χ4n) is 2.89. The number of nitro benzene ring substituents is 1. The molecule has 0 radical (unpaired) electrons. The number of amides is 1. The Morgan fingerprint density at radius 1 is 1.44 bits per heavy atom. The van der Waals surface area contributed by atoms with Crippen LogP contribution >= 0.6 is 43.6 Å². The number of β-lactam (4-membered cyclic amide) rings is 1. The van der Waals surface area contributed by atoms with E-state index in [9.17, 15) is 19.7 Å². The van der Waals surface area contributed by atoms with E-state index in [1.807, 2.05) is 6.92 Å². The Morgan fingerprint density at radius 2 is 2.08 bits per heavy atom. The van der Waals surface area contributed by atoms with Crippen molar-refractivity contribution in [1.82, 2.24) is 4.90 Å². The molecule has 1 aromatic carbocycles. The predicted molar refractivity (Wildman–Crippen MR) is 99.8 cm³/mol. The van der Waals surface area contributed by atoms with E-state index >= 15 is 0 Å². The van der Waals surface area contributed by atoms with Crippen LogP contribution in [0.2, 0.25) is 0 Å². The number of carbonyl (C=O) groups is 2. The zero-order valence-corrected chi connectivity index (χ0v) is 17.0. The summed E-state index contributed by atoms with van der Waals surface area (Å²) in [5, 5.41) is 11.1. The molecular formula is C15H14Br2N2O5S. The summed E-state index contributed by atoms with van der Waals surface area (Å²) >= 11 is 8.36. The lowest BCUT2D eigenvalue weighted by Gasteiger charge is -2.41. The first-order valence-electron chi connectivity index (χ1n) is 7.38. The second kappa shape index (κ2) is 6.88. The minimum Gasteiger partial charge on any atom is -0.459 e. The second-order valence-electron chi connectivity index (χ2n) is 6.04. The molecule has 1 aromatic rings. The Balaban J connectivity index is 1.69. The molecule has 0 spiro atoms. The number of benzene rings is 1. The average molecular weight is 494 g/mol. The summed E-state index contributed by atoms with van der Waals surface area (Å²) in [4.78, 5) is 36.2. The van der Waals surface area contributed by atoms with Crippen molar-refractivity contribution in [1.29, 1.82) is 0 Å². The first-order valence-corrected chi connectivity index (χ1v) is 10.3. The Kier molecular flexibility index (Phi) is 5.13. The maximum atomic E-state index is 12.6. The number of nitrogens with zero attached hydrogens (tertiary/aromatic N) is 2. The summed E-state index contributed by atoms with van der Waals surface area (Å²) in [6.45, 7) is 1.93. The molecule has 7 nitrogen and oxygen atoms in total. The fraction of sp³-hybridized carbons (Fsp3) is 0.467. The van der Waals surface area contributed by atoms with Crippen LogP contribution in [0.25, 0.3) is 0 Å². The van der Waals surface area contributed by atoms with Gasteiger partial charge in [-0.05, 0) is 24.6 Å². The summed E-state index contributed by atoms with van der Waals surface area (Å²) in [6, 6.07) is 5.15. The van der Waals surface area contributed by atoms with Gasteiger partial charge in [0.2, 0.25) is 5.91 Å². The lowest BCUT2D eigenvalue weighted by molar-refractivity contribution is -0.384. The molecule has 0 aliphatic carbocycles. The molecule has 134 valence electrons. The van der Waals surface area contributed by atoms with E-state index < -0.39 is 21.7 Å². The van der Waals surface area contributed by atoms with Crippen molar-refractivity contribution in [3.8, 4) is 0 Å². The van der Waals surface area contributed by atoms with E-state index in [0.717, 1.165) is 0 Å². The van der Waals surface area contributed by atoms with Crippen LogP contribution < -0.4 is 0 Å². The molecule has 1 amide bonds. The van der Waals surface area contributed by atoms with Gasteiger partial charge >= 0.3 is 5.97 Å². The molecule has 3 rings (SSSR count). The van der Waals surface area contributed by atoms with Crippen molar-refractivity contribution >= 4 is 61.2 Å². The van der Waals surface area contributed by atoms with Gasteiger partial charge in [-0.1, -0.05) is 31.9 Å². The van der Waals surface area contributed by atoms with E-state index in [4.69, 9.17) is 4.74 Å². The zero-order chi connectivity index (χ0) is 18.4. The molecule has 25 heavy (non-hydrogen) atoms. The number of rotatable bonds is 5. The smallest absolute Gasteiger partial charge is 0.330 e. The molecule has 10 heteroatoms. The molecule has 2 unspecified atom stereocenters. The number of thioether (sulfide) groups is 1. The number of halogens is 2. The summed E-state index contributed by atoms with van der Waals surface area (Å²) in [6.07, 6.45) is 0. The van der Waals surface area contributed by atoms with E-state index in [1.54, 1.807) is 28.8 Å². The van der Waals surface area contributed by atoms with Gasteiger partial charge in [-0.15, -0.1) is 11.8 Å². The summed E-state index contributed by atoms with van der Waals surface area (Å²) < 4.78 is 4.92. The van der Waals surface area contributed by atoms with Crippen molar-refractivity contribution in [3.05, 3.63) is 39.9 Å². The number of esters is 1. The normalized spacial score (nSPS) is 30.6.